The molecule has 2 aromatic heterocycles. The average Bonchev–Trinajstić information content (AvgIpc) is 2.84. The maximum Gasteiger partial charge on any atom is 0.110 e. The molecule has 0 spiro atoms. The summed E-state index contributed by atoms with van der Waals surface area (Å²) in [5.74, 6) is 1.13. The molecule has 2 heterocycles. The van der Waals surface area contributed by atoms with Crippen molar-refractivity contribution in [1.29, 1.82) is 0 Å². The third kappa shape index (κ3) is 3.41. The molecule has 0 amide bonds. The lowest BCUT2D eigenvalue weighted by Crippen LogP contribution is -2.21. The number of aromatic nitrogens is 3. The predicted molar refractivity (Wildman–Crippen MR) is 77.0 cm³/mol. The monoisotopic (exact) mass is 258 g/mol. The van der Waals surface area contributed by atoms with Crippen LogP contribution in [0.25, 0.3) is 0 Å². The van der Waals surface area contributed by atoms with Gasteiger partial charge in [0.2, 0.25) is 0 Å². The summed E-state index contributed by atoms with van der Waals surface area (Å²) in [7, 11) is 1.99. The van der Waals surface area contributed by atoms with E-state index >= 15 is 0 Å². The van der Waals surface area contributed by atoms with E-state index in [2.05, 4.69) is 46.0 Å². The van der Waals surface area contributed by atoms with Crippen LogP contribution in [0.15, 0.2) is 30.9 Å². The molecular weight excluding hydrogens is 236 g/mol. The third-order valence-corrected chi connectivity index (χ3v) is 3.30. The molecule has 0 aromatic carbocycles. The second kappa shape index (κ2) is 6.48. The number of nitrogens with one attached hydrogen (secondary N) is 1. The van der Waals surface area contributed by atoms with Gasteiger partial charge in [-0.1, -0.05) is 13.0 Å². The molecule has 0 saturated heterocycles. The van der Waals surface area contributed by atoms with Crippen LogP contribution in [0, 0.1) is 6.92 Å². The quantitative estimate of drug-likeness (QED) is 0.865. The summed E-state index contributed by atoms with van der Waals surface area (Å²) in [4.78, 5) is 8.75. The van der Waals surface area contributed by atoms with E-state index in [1.165, 1.54) is 11.1 Å². The van der Waals surface area contributed by atoms with Crippen molar-refractivity contribution in [1.82, 2.24) is 19.9 Å². The number of likely N-dealkylation sites (N-methyl/N-ethyl adjacent to an activating group) is 1. The first-order valence-corrected chi connectivity index (χ1v) is 6.83. The van der Waals surface area contributed by atoms with Crippen LogP contribution in [-0.2, 0) is 13.0 Å². The van der Waals surface area contributed by atoms with Crippen LogP contribution in [0.3, 0.4) is 0 Å². The first-order chi connectivity index (χ1) is 9.24. The molecule has 19 heavy (non-hydrogen) atoms. The molecule has 0 saturated carbocycles. The topological polar surface area (TPSA) is 42.7 Å². The fraction of sp³-hybridized carbons (Fsp3) is 0.467. The zero-order valence-corrected chi connectivity index (χ0v) is 11.9. The lowest BCUT2D eigenvalue weighted by molar-refractivity contribution is 0.541. The summed E-state index contributed by atoms with van der Waals surface area (Å²) in [6, 6.07) is 2.44. The molecule has 2 aromatic rings. The Hall–Kier alpha value is -1.68. The van der Waals surface area contributed by atoms with Crippen LogP contribution in [-0.4, -0.2) is 21.6 Å². The van der Waals surface area contributed by atoms with Gasteiger partial charge in [0.05, 0.1) is 0 Å². The Bertz CT molecular complexity index is 518. The second-order valence-corrected chi connectivity index (χ2v) is 4.88. The lowest BCUT2D eigenvalue weighted by Gasteiger charge is -2.17. The van der Waals surface area contributed by atoms with E-state index in [-0.39, 0.29) is 6.04 Å². The molecule has 0 fully saturated rings. The maximum atomic E-state index is 4.47. The van der Waals surface area contributed by atoms with E-state index in [0.717, 1.165) is 25.2 Å². The Morgan fingerprint density at radius 1 is 1.37 bits per heavy atom. The summed E-state index contributed by atoms with van der Waals surface area (Å²) < 4.78 is 2.23. The van der Waals surface area contributed by atoms with Crippen molar-refractivity contribution in [2.75, 3.05) is 7.05 Å². The first-order valence-electron chi connectivity index (χ1n) is 6.83. The summed E-state index contributed by atoms with van der Waals surface area (Å²) >= 11 is 0. The molecule has 0 radical (unpaired) electrons. The zero-order valence-electron chi connectivity index (χ0n) is 11.9. The van der Waals surface area contributed by atoms with Crippen molar-refractivity contribution in [2.24, 2.45) is 0 Å². The van der Waals surface area contributed by atoms with Gasteiger partial charge in [0.15, 0.2) is 0 Å². The normalized spacial score (nSPS) is 12.6. The average molecular weight is 258 g/mol. The molecule has 0 bridgehead atoms. The minimum Gasteiger partial charge on any atom is -0.335 e. The predicted octanol–water partition coefficient (Wildman–Crippen LogP) is 2.50. The van der Waals surface area contributed by atoms with Gasteiger partial charge in [-0.25, -0.2) is 4.98 Å². The molecule has 1 atom stereocenters. The van der Waals surface area contributed by atoms with Crippen molar-refractivity contribution in [3.63, 3.8) is 0 Å². The van der Waals surface area contributed by atoms with Crippen molar-refractivity contribution in [3.8, 4) is 0 Å². The molecule has 0 aliphatic carbocycles. The van der Waals surface area contributed by atoms with Gasteiger partial charge in [-0.3, -0.25) is 4.98 Å². The standard InChI is InChI=1S/C15H22N4/c1-4-6-19-7-5-18-15(19)9-14(16-3)13-8-12(2)10-17-11-13/h5,7-8,10-11,14,16H,4,6,9H2,1-3H3. The summed E-state index contributed by atoms with van der Waals surface area (Å²) in [6.45, 7) is 5.28. The highest BCUT2D eigenvalue weighted by Crippen LogP contribution is 2.17. The minimum atomic E-state index is 0.255. The van der Waals surface area contributed by atoms with Crippen molar-refractivity contribution in [3.05, 3.63) is 47.8 Å². The number of rotatable bonds is 6. The Kier molecular flexibility index (Phi) is 4.68. The fourth-order valence-electron chi connectivity index (χ4n) is 2.31. The zero-order chi connectivity index (χ0) is 13.7. The van der Waals surface area contributed by atoms with Crippen molar-refractivity contribution >= 4 is 0 Å². The van der Waals surface area contributed by atoms with E-state index in [0.29, 0.717) is 0 Å². The number of nitrogens with zero attached hydrogens (tertiary/aromatic N) is 3. The smallest absolute Gasteiger partial charge is 0.110 e. The van der Waals surface area contributed by atoms with E-state index in [1.54, 1.807) is 0 Å². The molecule has 1 N–H and O–H groups in total. The molecule has 1 unspecified atom stereocenters. The SMILES string of the molecule is CCCn1ccnc1CC(NC)c1cncc(C)c1. The van der Waals surface area contributed by atoms with Gasteiger partial charge in [-0.05, 0) is 31.5 Å². The Labute approximate surface area is 114 Å². The van der Waals surface area contributed by atoms with Crippen LogP contribution in [0.1, 0.15) is 36.3 Å². The van der Waals surface area contributed by atoms with Gasteiger partial charge in [0.25, 0.3) is 0 Å². The molecule has 2 rings (SSSR count). The Morgan fingerprint density at radius 2 is 2.21 bits per heavy atom. The highest BCUT2D eigenvalue weighted by Gasteiger charge is 2.13. The van der Waals surface area contributed by atoms with Crippen molar-refractivity contribution in [2.45, 2.75) is 39.3 Å². The Balaban J connectivity index is 2.17. The van der Waals surface area contributed by atoms with Crippen LogP contribution < -0.4 is 5.32 Å². The number of hydrogen-bond donors (Lipinski definition) is 1. The minimum absolute atomic E-state index is 0.255. The van der Waals surface area contributed by atoms with E-state index in [1.807, 2.05) is 25.6 Å². The summed E-state index contributed by atoms with van der Waals surface area (Å²) in [6.07, 6.45) is 9.76. The fourth-order valence-corrected chi connectivity index (χ4v) is 2.31. The van der Waals surface area contributed by atoms with Gasteiger partial charge in [0, 0.05) is 43.8 Å². The second-order valence-electron chi connectivity index (χ2n) is 4.88. The van der Waals surface area contributed by atoms with Crippen molar-refractivity contribution < 1.29 is 0 Å². The lowest BCUT2D eigenvalue weighted by atomic mass is 10.0. The molecule has 4 heteroatoms. The van der Waals surface area contributed by atoms with Crippen LogP contribution in [0.2, 0.25) is 0 Å². The number of hydrogen-bond acceptors (Lipinski definition) is 3. The number of pyridine rings is 1. The molecule has 102 valence electrons. The highest BCUT2D eigenvalue weighted by molar-refractivity contribution is 5.21. The highest BCUT2D eigenvalue weighted by atomic mass is 15.1. The van der Waals surface area contributed by atoms with E-state index in [4.69, 9.17) is 0 Å². The van der Waals surface area contributed by atoms with Crippen LogP contribution >= 0.6 is 0 Å². The van der Waals surface area contributed by atoms with E-state index < -0.39 is 0 Å². The maximum absolute atomic E-state index is 4.47. The number of aryl methyl sites for hydroxylation is 2. The Morgan fingerprint density at radius 3 is 2.89 bits per heavy atom. The molecule has 4 nitrogen and oxygen atoms in total. The van der Waals surface area contributed by atoms with Gasteiger partial charge in [0.1, 0.15) is 5.82 Å². The molecule has 0 aliphatic rings. The third-order valence-electron chi connectivity index (χ3n) is 3.30. The first kappa shape index (κ1) is 13.7. The number of imidazole rings is 1. The van der Waals surface area contributed by atoms with E-state index in [9.17, 15) is 0 Å². The molecule has 0 aliphatic heterocycles. The largest absolute Gasteiger partial charge is 0.335 e. The summed E-state index contributed by atoms with van der Waals surface area (Å²) in [5, 5.41) is 3.36. The van der Waals surface area contributed by atoms with Gasteiger partial charge in [-0.2, -0.15) is 0 Å². The van der Waals surface area contributed by atoms with Gasteiger partial charge >= 0.3 is 0 Å². The van der Waals surface area contributed by atoms with Gasteiger partial charge < -0.3 is 9.88 Å². The van der Waals surface area contributed by atoms with Crippen LogP contribution in [0.5, 0.6) is 0 Å². The molecular formula is C15H22N4. The van der Waals surface area contributed by atoms with Gasteiger partial charge in [-0.15, -0.1) is 0 Å². The van der Waals surface area contributed by atoms with Crippen LogP contribution in [0.4, 0.5) is 0 Å². The summed E-state index contributed by atoms with van der Waals surface area (Å²) in [5.41, 5.74) is 2.41.